The largest absolute Gasteiger partial charge is 0.373 e. The average molecular weight is 422 g/mol. The van der Waals surface area contributed by atoms with Crippen molar-refractivity contribution < 1.29 is 17.9 Å². The predicted molar refractivity (Wildman–Crippen MR) is 108 cm³/mol. The molecule has 2 aliphatic rings. The summed E-state index contributed by atoms with van der Waals surface area (Å²) in [7, 11) is -3.55. The van der Waals surface area contributed by atoms with Gasteiger partial charge in [-0.3, -0.25) is 0 Å². The average Bonchev–Trinajstić information content (AvgIpc) is 2.69. The van der Waals surface area contributed by atoms with Crippen LogP contribution >= 0.6 is 11.6 Å². The highest BCUT2D eigenvalue weighted by Crippen LogP contribution is 2.40. The van der Waals surface area contributed by atoms with E-state index in [-0.39, 0.29) is 6.10 Å². The molecular weight excluding hydrogens is 398 g/mol. The van der Waals surface area contributed by atoms with Crippen molar-refractivity contribution in [3.63, 3.8) is 0 Å². The van der Waals surface area contributed by atoms with Crippen molar-refractivity contribution in [2.75, 3.05) is 26.3 Å². The summed E-state index contributed by atoms with van der Waals surface area (Å²) in [4.78, 5) is 0.330. The van der Waals surface area contributed by atoms with E-state index in [2.05, 4.69) is 0 Å². The molecule has 0 amide bonds. The SMILES string of the molecule is Cc1ccc(S(=O)(=O)N2CCO[C@@]3(CCO[C@@H](c4ccc(Cl)cc4)C3)C2)cc1. The lowest BCUT2D eigenvalue weighted by molar-refractivity contribution is -0.163. The summed E-state index contributed by atoms with van der Waals surface area (Å²) in [6, 6.07) is 14.6. The fourth-order valence-electron chi connectivity index (χ4n) is 3.93. The van der Waals surface area contributed by atoms with Gasteiger partial charge in [-0.05, 0) is 36.8 Å². The van der Waals surface area contributed by atoms with Gasteiger partial charge >= 0.3 is 0 Å². The van der Waals surface area contributed by atoms with Crippen LogP contribution in [0.1, 0.15) is 30.1 Å². The molecule has 2 heterocycles. The molecule has 28 heavy (non-hydrogen) atoms. The number of halogens is 1. The molecule has 2 atom stereocenters. The summed E-state index contributed by atoms with van der Waals surface area (Å²) in [5.41, 5.74) is 1.54. The van der Waals surface area contributed by atoms with Gasteiger partial charge in [0.2, 0.25) is 10.0 Å². The lowest BCUT2D eigenvalue weighted by Crippen LogP contribution is -2.56. The van der Waals surface area contributed by atoms with Crippen molar-refractivity contribution in [2.24, 2.45) is 0 Å². The summed E-state index contributed by atoms with van der Waals surface area (Å²) in [5, 5.41) is 0.679. The van der Waals surface area contributed by atoms with E-state index in [4.69, 9.17) is 21.1 Å². The van der Waals surface area contributed by atoms with Crippen molar-refractivity contribution in [3.05, 3.63) is 64.7 Å². The zero-order valence-corrected chi connectivity index (χ0v) is 17.4. The molecule has 5 nitrogen and oxygen atoms in total. The van der Waals surface area contributed by atoms with Crippen LogP contribution in [0.3, 0.4) is 0 Å². The summed E-state index contributed by atoms with van der Waals surface area (Å²) in [6.07, 6.45) is 1.17. The van der Waals surface area contributed by atoms with Crippen LogP contribution < -0.4 is 0 Å². The van der Waals surface area contributed by atoms with Crippen LogP contribution in [0, 0.1) is 6.92 Å². The van der Waals surface area contributed by atoms with E-state index in [1.165, 1.54) is 0 Å². The second kappa shape index (κ2) is 7.76. The zero-order valence-electron chi connectivity index (χ0n) is 15.8. The standard InChI is InChI=1S/C21H24ClNO4S/c1-16-2-8-19(9-3-16)28(24,25)23-11-13-27-21(15-23)10-12-26-20(14-21)17-4-6-18(22)7-5-17/h2-9,20H,10-15H2,1H3/t20-,21-/m1/s1. The Kier molecular flexibility index (Phi) is 5.51. The number of hydrogen-bond donors (Lipinski definition) is 0. The highest BCUT2D eigenvalue weighted by atomic mass is 35.5. The van der Waals surface area contributed by atoms with E-state index in [9.17, 15) is 8.42 Å². The van der Waals surface area contributed by atoms with Crippen LogP contribution in [0.5, 0.6) is 0 Å². The molecule has 7 heteroatoms. The Bertz CT molecular complexity index is 926. The Hall–Kier alpha value is -1.44. The van der Waals surface area contributed by atoms with Crippen LogP contribution in [0.2, 0.25) is 5.02 Å². The maximum atomic E-state index is 13.1. The van der Waals surface area contributed by atoms with Crippen LogP contribution in [0.25, 0.3) is 0 Å². The molecule has 0 saturated carbocycles. The fraction of sp³-hybridized carbons (Fsp3) is 0.429. The highest BCUT2D eigenvalue weighted by Gasteiger charge is 2.45. The number of ether oxygens (including phenoxy) is 2. The van der Waals surface area contributed by atoms with Gasteiger partial charge in [0, 0.05) is 31.0 Å². The molecule has 2 saturated heterocycles. The van der Waals surface area contributed by atoms with Crippen LogP contribution in [-0.4, -0.2) is 44.6 Å². The van der Waals surface area contributed by atoms with Gasteiger partial charge in [-0.15, -0.1) is 0 Å². The summed E-state index contributed by atoms with van der Waals surface area (Å²) in [6.45, 7) is 3.57. The third-order valence-electron chi connectivity index (χ3n) is 5.55. The molecule has 150 valence electrons. The van der Waals surface area contributed by atoms with Gasteiger partial charge in [-0.1, -0.05) is 41.4 Å². The molecule has 2 aliphatic heterocycles. The molecular formula is C21H24ClNO4S. The van der Waals surface area contributed by atoms with Gasteiger partial charge in [0.25, 0.3) is 0 Å². The van der Waals surface area contributed by atoms with Gasteiger partial charge in [0.15, 0.2) is 0 Å². The zero-order chi connectivity index (χ0) is 19.8. The number of sulfonamides is 1. The fourth-order valence-corrected chi connectivity index (χ4v) is 5.55. The number of rotatable bonds is 3. The van der Waals surface area contributed by atoms with Gasteiger partial charge in [0.1, 0.15) is 0 Å². The normalized spacial score (nSPS) is 26.4. The Balaban J connectivity index is 1.55. The van der Waals surface area contributed by atoms with Crippen LogP contribution in [-0.2, 0) is 19.5 Å². The number of benzene rings is 2. The molecule has 0 radical (unpaired) electrons. The molecule has 0 N–H and O–H groups in total. The van der Waals surface area contributed by atoms with E-state index in [1.807, 2.05) is 43.3 Å². The topological polar surface area (TPSA) is 55.8 Å². The lowest BCUT2D eigenvalue weighted by Gasteiger charge is -2.46. The number of aryl methyl sites for hydroxylation is 1. The Labute approximate surface area is 171 Å². The van der Waals surface area contributed by atoms with Crippen molar-refractivity contribution in [1.29, 1.82) is 0 Å². The first-order valence-corrected chi connectivity index (χ1v) is 11.3. The van der Waals surface area contributed by atoms with Gasteiger partial charge in [0.05, 0.1) is 29.8 Å². The second-order valence-corrected chi connectivity index (χ2v) is 9.92. The smallest absolute Gasteiger partial charge is 0.243 e. The first kappa shape index (κ1) is 19.9. The molecule has 4 rings (SSSR count). The van der Waals surface area contributed by atoms with E-state index in [0.717, 1.165) is 11.1 Å². The number of hydrogen-bond acceptors (Lipinski definition) is 4. The number of morpholine rings is 1. The van der Waals surface area contributed by atoms with Gasteiger partial charge in [-0.25, -0.2) is 8.42 Å². The summed E-state index contributed by atoms with van der Waals surface area (Å²) < 4.78 is 39.9. The molecule has 0 aromatic heterocycles. The first-order chi connectivity index (χ1) is 13.4. The third-order valence-corrected chi connectivity index (χ3v) is 7.66. The molecule has 0 bridgehead atoms. The van der Waals surface area contributed by atoms with Crippen LogP contribution in [0.15, 0.2) is 53.4 Å². The Morgan fingerprint density at radius 1 is 1.07 bits per heavy atom. The molecule has 2 aromatic carbocycles. The van der Waals surface area contributed by atoms with Crippen molar-refractivity contribution >= 4 is 21.6 Å². The van der Waals surface area contributed by atoms with E-state index in [1.54, 1.807) is 16.4 Å². The minimum absolute atomic E-state index is 0.131. The van der Waals surface area contributed by atoms with Crippen molar-refractivity contribution in [3.8, 4) is 0 Å². The summed E-state index contributed by atoms with van der Waals surface area (Å²) in [5.74, 6) is 0. The Morgan fingerprint density at radius 3 is 2.50 bits per heavy atom. The molecule has 1 spiro atoms. The quantitative estimate of drug-likeness (QED) is 0.752. The molecule has 0 aliphatic carbocycles. The monoisotopic (exact) mass is 421 g/mol. The van der Waals surface area contributed by atoms with Crippen molar-refractivity contribution in [1.82, 2.24) is 4.31 Å². The van der Waals surface area contributed by atoms with E-state index >= 15 is 0 Å². The lowest BCUT2D eigenvalue weighted by atomic mass is 9.86. The second-order valence-electron chi connectivity index (χ2n) is 7.55. The van der Waals surface area contributed by atoms with E-state index in [0.29, 0.717) is 49.1 Å². The molecule has 2 aromatic rings. The predicted octanol–water partition coefficient (Wildman–Crippen LogP) is 3.96. The minimum atomic E-state index is -3.55. The minimum Gasteiger partial charge on any atom is -0.373 e. The third kappa shape index (κ3) is 3.98. The number of nitrogens with zero attached hydrogens (tertiary/aromatic N) is 1. The molecule has 0 unspecified atom stereocenters. The van der Waals surface area contributed by atoms with Crippen LogP contribution in [0.4, 0.5) is 0 Å². The maximum Gasteiger partial charge on any atom is 0.243 e. The first-order valence-electron chi connectivity index (χ1n) is 9.46. The van der Waals surface area contributed by atoms with Gasteiger partial charge in [-0.2, -0.15) is 4.31 Å². The van der Waals surface area contributed by atoms with E-state index < -0.39 is 15.6 Å². The van der Waals surface area contributed by atoms with Gasteiger partial charge < -0.3 is 9.47 Å². The highest BCUT2D eigenvalue weighted by molar-refractivity contribution is 7.89. The molecule has 2 fully saturated rings. The Morgan fingerprint density at radius 2 is 1.79 bits per heavy atom. The summed E-state index contributed by atoms with van der Waals surface area (Å²) >= 11 is 5.99. The van der Waals surface area contributed by atoms with Crippen molar-refractivity contribution in [2.45, 2.75) is 36.4 Å². The maximum absolute atomic E-state index is 13.1.